The molecule has 0 amide bonds. The molecule has 0 spiro atoms. The lowest BCUT2D eigenvalue weighted by atomic mass is 9.89. The summed E-state index contributed by atoms with van der Waals surface area (Å²) in [6.45, 7) is 8.44. The van der Waals surface area contributed by atoms with Crippen LogP contribution in [0.2, 0.25) is 0 Å². The standard InChI is InChI=1S/C14H20O.C2H6/c1-11-6-8-13(9-7-11)15-14-5-3-4-12(2)10-14;1-2/h3-5,10-11,13H,6-9H2,1-2H3;1-2H3. The summed E-state index contributed by atoms with van der Waals surface area (Å²) in [6, 6.07) is 8.36. The third-order valence-corrected chi connectivity index (χ3v) is 3.26. The molecule has 0 N–H and O–H groups in total. The minimum atomic E-state index is 0.447. The molecule has 1 aliphatic carbocycles. The molecule has 96 valence electrons. The highest BCUT2D eigenvalue weighted by molar-refractivity contribution is 5.27. The molecule has 0 bridgehead atoms. The van der Waals surface area contributed by atoms with Crippen molar-refractivity contribution < 1.29 is 4.74 Å². The van der Waals surface area contributed by atoms with E-state index < -0.39 is 0 Å². The average molecular weight is 234 g/mol. The van der Waals surface area contributed by atoms with E-state index in [0.717, 1.165) is 11.7 Å². The molecule has 17 heavy (non-hydrogen) atoms. The number of ether oxygens (including phenoxy) is 1. The molecule has 1 fully saturated rings. The van der Waals surface area contributed by atoms with E-state index >= 15 is 0 Å². The highest BCUT2D eigenvalue weighted by Gasteiger charge is 2.19. The maximum absolute atomic E-state index is 5.98. The van der Waals surface area contributed by atoms with E-state index in [1.54, 1.807) is 0 Å². The Balaban J connectivity index is 0.000000686. The topological polar surface area (TPSA) is 9.23 Å². The lowest BCUT2D eigenvalue weighted by Crippen LogP contribution is -2.22. The van der Waals surface area contributed by atoms with Crippen molar-refractivity contribution in [2.24, 2.45) is 5.92 Å². The molecule has 1 saturated carbocycles. The normalized spacial score (nSPS) is 23.5. The number of hydrogen-bond donors (Lipinski definition) is 0. The summed E-state index contributed by atoms with van der Waals surface area (Å²) in [5.74, 6) is 1.93. The molecule has 2 rings (SSSR count). The summed E-state index contributed by atoms with van der Waals surface area (Å²) in [5.41, 5.74) is 1.27. The third-order valence-electron chi connectivity index (χ3n) is 3.26. The molecule has 0 atom stereocenters. The van der Waals surface area contributed by atoms with Gasteiger partial charge in [0.1, 0.15) is 5.75 Å². The average Bonchev–Trinajstić information content (AvgIpc) is 2.35. The van der Waals surface area contributed by atoms with Crippen LogP contribution in [0.4, 0.5) is 0 Å². The van der Waals surface area contributed by atoms with Gasteiger partial charge in [0.05, 0.1) is 6.10 Å². The zero-order valence-corrected chi connectivity index (χ0v) is 11.7. The minimum absolute atomic E-state index is 0.447. The molecule has 0 aromatic heterocycles. The van der Waals surface area contributed by atoms with Crippen LogP contribution in [-0.2, 0) is 0 Å². The van der Waals surface area contributed by atoms with Gasteiger partial charge < -0.3 is 4.74 Å². The molecule has 0 saturated heterocycles. The Morgan fingerprint density at radius 2 is 1.71 bits per heavy atom. The van der Waals surface area contributed by atoms with Gasteiger partial charge >= 0.3 is 0 Å². The Labute approximate surface area is 106 Å². The van der Waals surface area contributed by atoms with Crippen LogP contribution in [0, 0.1) is 12.8 Å². The van der Waals surface area contributed by atoms with Crippen LogP contribution in [0.25, 0.3) is 0 Å². The number of hydrogen-bond acceptors (Lipinski definition) is 1. The molecule has 0 aliphatic heterocycles. The van der Waals surface area contributed by atoms with E-state index in [0.29, 0.717) is 6.10 Å². The summed E-state index contributed by atoms with van der Waals surface area (Å²) in [4.78, 5) is 0. The van der Waals surface area contributed by atoms with Gasteiger partial charge in [0, 0.05) is 0 Å². The molecule has 0 radical (unpaired) electrons. The van der Waals surface area contributed by atoms with Gasteiger partial charge in [0.15, 0.2) is 0 Å². The second-order valence-corrected chi connectivity index (χ2v) is 4.82. The van der Waals surface area contributed by atoms with Crippen molar-refractivity contribution in [2.75, 3.05) is 0 Å². The van der Waals surface area contributed by atoms with E-state index in [2.05, 4.69) is 38.1 Å². The predicted molar refractivity (Wildman–Crippen MR) is 74.6 cm³/mol. The molecular weight excluding hydrogens is 208 g/mol. The highest BCUT2D eigenvalue weighted by atomic mass is 16.5. The van der Waals surface area contributed by atoms with Crippen LogP contribution in [0.15, 0.2) is 24.3 Å². The first-order valence-corrected chi connectivity index (χ1v) is 6.97. The Morgan fingerprint density at radius 3 is 2.29 bits per heavy atom. The Kier molecular flexibility index (Phi) is 6.10. The largest absolute Gasteiger partial charge is 0.490 e. The number of rotatable bonds is 2. The van der Waals surface area contributed by atoms with Crippen LogP contribution in [0.5, 0.6) is 5.75 Å². The van der Waals surface area contributed by atoms with Crippen molar-refractivity contribution in [1.29, 1.82) is 0 Å². The van der Waals surface area contributed by atoms with E-state index in [1.165, 1.54) is 31.2 Å². The maximum atomic E-state index is 5.98. The second kappa shape index (κ2) is 7.37. The Morgan fingerprint density at radius 1 is 1.06 bits per heavy atom. The quantitative estimate of drug-likeness (QED) is 0.701. The van der Waals surface area contributed by atoms with Crippen LogP contribution >= 0.6 is 0 Å². The summed E-state index contributed by atoms with van der Waals surface area (Å²) in [7, 11) is 0. The highest BCUT2D eigenvalue weighted by Crippen LogP contribution is 2.27. The monoisotopic (exact) mass is 234 g/mol. The van der Waals surface area contributed by atoms with Crippen molar-refractivity contribution in [1.82, 2.24) is 0 Å². The lowest BCUT2D eigenvalue weighted by molar-refractivity contribution is 0.135. The number of benzene rings is 1. The molecule has 1 heteroatoms. The van der Waals surface area contributed by atoms with Gasteiger partial charge in [-0.15, -0.1) is 0 Å². The molecule has 1 aliphatic rings. The second-order valence-electron chi connectivity index (χ2n) is 4.82. The van der Waals surface area contributed by atoms with Gasteiger partial charge in [-0.05, 0) is 56.2 Å². The third kappa shape index (κ3) is 4.80. The zero-order valence-electron chi connectivity index (χ0n) is 11.7. The predicted octanol–water partition coefficient (Wildman–Crippen LogP) is 4.98. The fourth-order valence-electron chi connectivity index (χ4n) is 2.23. The Hall–Kier alpha value is -0.980. The molecule has 1 nitrogen and oxygen atoms in total. The van der Waals surface area contributed by atoms with Crippen LogP contribution in [0.1, 0.15) is 52.0 Å². The summed E-state index contributed by atoms with van der Waals surface area (Å²) in [5, 5.41) is 0. The van der Waals surface area contributed by atoms with Gasteiger partial charge in [-0.1, -0.05) is 32.9 Å². The first-order valence-electron chi connectivity index (χ1n) is 6.97. The molecular formula is C16H26O. The van der Waals surface area contributed by atoms with Crippen molar-refractivity contribution in [2.45, 2.75) is 59.5 Å². The molecule has 0 unspecified atom stereocenters. The van der Waals surface area contributed by atoms with Gasteiger partial charge in [0.2, 0.25) is 0 Å². The van der Waals surface area contributed by atoms with Crippen molar-refractivity contribution in [3.05, 3.63) is 29.8 Å². The van der Waals surface area contributed by atoms with Gasteiger partial charge in [-0.25, -0.2) is 0 Å². The number of aryl methyl sites for hydroxylation is 1. The van der Waals surface area contributed by atoms with Crippen LogP contribution in [0.3, 0.4) is 0 Å². The van der Waals surface area contributed by atoms with Crippen molar-refractivity contribution in [3.8, 4) is 5.75 Å². The SMILES string of the molecule is CC.Cc1cccc(OC2CCC(C)CC2)c1. The summed E-state index contributed by atoms with van der Waals surface area (Å²) in [6.07, 6.45) is 5.51. The van der Waals surface area contributed by atoms with Crippen molar-refractivity contribution in [3.63, 3.8) is 0 Å². The minimum Gasteiger partial charge on any atom is -0.490 e. The first-order chi connectivity index (χ1) is 8.24. The van der Waals surface area contributed by atoms with E-state index in [-0.39, 0.29) is 0 Å². The summed E-state index contributed by atoms with van der Waals surface area (Å²) >= 11 is 0. The first kappa shape index (κ1) is 14.1. The van der Waals surface area contributed by atoms with E-state index in [4.69, 9.17) is 4.74 Å². The fourth-order valence-corrected chi connectivity index (χ4v) is 2.23. The van der Waals surface area contributed by atoms with E-state index in [9.17, 15) is 0 Å². The van der Waals surface area contributed by atoms with Crippen molar-refractivity contribution >= 4 is 0 Å². The molecule has 0 heterocycles. The Bertz CT molecular complexity index is 311. The van der Waals surface area contributed by atoms with Crippen LogP contribution < -0.4 is 4.74 Å². The van der Waals surface area contributed by atoms with Gasteiger partial charge in [-0.2, -0.15) is 0 Å². The van der Waals surface area contributed by atoms with Gasteiger partial charge in [0.25, 0.3) is 0 Å². The summed E-state index contributed by atoms with van der Waals surface area (Å²) < 4.78 is 5.98. The molecule has 1 aromatic carbocycles. The van der Waals surface area contributed by atoms with Gasteiger partial charge in [-0.3, -0.25) is 0 Å². The van der Waals surface area contributed by atoms with Crippen LogP contribution in [-0.4, -0.2) is 6.10 Å². The molecule has 1 aromatic rings. The smallest absolute Gasteiger partial charge is 0.119 e. The fraction of sp³-hybridized carbons (Fsp3) is 0.625. The van der Waals surface area contributed by atoms with E-state index in [1.807, 2.05) is 13.8 Å². The lowest BCUT2D eigenvalue weighted by Gasteiger charge is -2.26. The maximum Gasteiger partial charge on any atom is 0.119 e. The zero-order chi connectivity index (χ0) is 12.7.